The van der Waals surface area contributed by atoms with Gasteiger partial charge in [0.25, 0.3) is 5.56 Å². The maximum atomic E-state index is 11.5. The minimum absolute atomic E-state index is 0.207. The monoisotopic (exact) mass is 196 g/mol. The first kappa shape index (κ1) is 10.8. The zero-order chi connectivity index (χ0) is 10.8. The third-order valence-electron chi connectivity index (χ3n) is 2.93. The van der Waals surface area contributed by atoms with Crippen LogP contribution in [0.1, 0.15) is 33.6 Å². The van der Waals surface area contributed by atoms with Gasteiger partial charge in [0.15, 0.2) is 0 Å². The van der Waals surface area contributed by atoms with Crippen LogP contribution < -0.4 is 11.2 Å². The molecule has 0 aliphatic carbocycles. The van der Waals surface area contributed by atoms with E-state index in [4.69, 9.17) is 0 Å². The fourth-order valence-corrected chi connectivity index (χ4v) is 1.43. The number of nitrogens with one attached hydrogen (secondary N) is 1. The summed E-state index contributed by atoms with van der Waals surface area (Å²) in [5.74, 6) is 0. The quantitative estimate of drug-likeness (QED) is 0.786. The Morgan fingerprint density at radius 1 is 1.36 bits per heavy atom. The Balaban J connectivity index is 3.32. The summed E-state index contributed by atoms with van der Waals surface area (Å²) in [7, 11) is 0. The molecule has 1 aromatic rings. The van der Waals surface area contributed by atoms with Gasteiger partial charge in [-0.1, -0.05) is 13.8 Å². The van der Waals surface area contributed by atoms with Crippen molar-refractivity contribution in [1.82, 2.24) is 9.55 Å². The Labute approximate surface area is 82.6 Å². The average Bonchev–Trinajstić information content (AvgIpc) is 2.17. The van der Waals surface area contributed by atoms with Crippen molar-refractivity contribution in [3.05, 3.63) is 33.1 Å². The maximum absolute atomic E-state index is 11.5. The zero-order valence-corrected chi connectivity index (χ0v) is 8.83. The van der Waals surface area contributed by atoms with E-state index in [1.807, 2.05) is 20.8 Å². The lowest BCUT2D eigenvalue weighted by atomic mass is 9.95. The first-order valence-corrected chi connectivity index (χ1v) is 4.86. The van der Waals surface area contributed by atoms with Crippen LogP contribution in [0.2, 0.25) is 0 Å². The van der Waals surface area contributed by atoms with Crippen LogP contribution in [0.4, 0.5) is 0 Å². The summed E-state index contributed by atoms with van der Waals surface area (Å²) >= 11 is 0. The van der Waals surface area contributed by atoms with E-state index in [0.717, 1.165) is 12.8 Å². The average molecular weight is 196 g/mol. The van der Waals surface area contributed by atoms with Gasteiger partial charge in [-0.2, -0.15) is 0 Å². The van der Waals surface area contributed by atoms with Gasteiger partial charge in [-0.15, -0.1) is 0 Å². The van der Waals surface area contributed by atoms with E-state index in [2.05, 4.69) is 4.98 Å². The Kier molecular flexibility index (Phi) is 2.93. The van der Waals surface area contributed by atoms with Crippen molar-refractivity contribution >= 4 is 0 Å². The maximum Gasteiger partial charge on any atom is 0.328 e. The molecule has 0 radical (unpaired) electrons. The summed E-state index contributed by atoms with van der Waals surface area (Å²) in [5, 5.41) is 0. The highest BCUT2D eigenvalue weighted by Crippen LogP contribution is 2.21. The van der Waals surface area contributed by atoms with Gasteiger partial charge >= 0.3 is 5.69 Å². The third-order valence-corrected chi connectivity index (χ3v) is 2.93. The van der Waals surface area contributed by atoms with E-state index >= 15 is 0 Å². The largest absolute Gasteiger partial charge is 0.328 e. The molecular formula is C10H16N2O2. The molecule has 0 bridgehead atoms. The minimum Gasteiger partial charge on any atom is -0.295 e. The second-order valence-electron chi connectivity index (χ2n) is 3.68. The number of H-pyrrole nitrogens is 1. The van der Waals surface area contributed by atoms with Gasteiger partial charge in [-0.3, -0.25) is 14.3 Å². The van der Waals surface area contributed by atoms with Gasteiger partial charge in [-0.25, -0.2) is 4.79 Å². The summed E-state index contributed by atoms with van der Waals surface area (Å²) in [6.45, 7) is 6.06. The minimum atomic E-state index is -0.346. The normalized spacial score (nSPS) is 11.6. The molecule has 1 rings (SSSR count). The van der Waals surface area contributed by atoms with Crippen molar-refractivity contribution in [3.8, 4) is 0 Å². The van der Waals surface area contributed by atoms with Crippen molar-refractivity contribution in [3.63, 3.8) is 0 Å². The number of aromatic amines is 1. The molecule has 0 aliphatic rings. The topological polar surface area (TPSA) is 54.9 Å². The molecule has 0 spiro atoms. The third kappa shape index (κ3) is 1.78. The van der Waals surface area contributed by atoms with Crippen LogP contribution in [0.25, 0.3) is 0 Å². The van der Waals surface area contributed by atoms with Crippen molar-refractivity contribution < 1.29 is 0 Å². The van der Waals surface area contributed by atoms with Crippen LogP contribution in [0.5, 0.6) is 0 Å². The van der Waals surface area contributed by atoms with E-state index in [1.165, 1.54) is 6.07 Å². The zero-order valence-electron chi connectivity index (χ0n) is 8.83. The molecule has 0 saturated heterocycles. The highest BCUT2D eigenvalue weighted by Gasteiger charge is 2.22. The van der Waals surface area contributed by atoms with Gasteiger partial charge < -0.3 is 0 Å². The van der Waals surface area contributed by atoms with Crippen LogP contribution in [0, 0.1) is 0 Å². The Morgan fingerprint density at radius 3 is 2.36 bits per heavy atom. The van der Waals surface area contributed by atoms with Crippen molar-refractivity contribution in [1.29, 1.82) is 0 Å². The van der Waals surface area contributed by atoms with Gasteiger partial charge in [-0.05, 0) is 19.8 Å². The van der Waals surface area contributed by atoms with E-state index in [1.54, 1.807) is 10.8 Å². The first-order valence-electron chi connectivity index (χ1n) is 4.86. The number of hydrogen-bond donors (Lipinski definition) is 1. The smallest absolute Gasteiger partial charge is 0.295 e. The SMILES string of the molecule is CCC(C)(CC)n1ccc(=O)[nH]c1=O. The predicted molar refractivity (Wildman–Crippen MR) is 55.6 cm³/mol. The molecule has 0 aromatic carbocycles. The number of aromatic nitrogens is 2. The predicted octanol–water partition coefficient (Wildman–Crippen LogP) is 1.07. The molecule has 1 N–H and O–H groups in total. The van der Waals surface area contributed by atoms with Crippen molar-refractivity contribution in [2.24, 2.45) is 0 Å². The van der Waals surface area contributed by atoms with E-state index in [0.29, 0.717) is 0 Å². The van der Waals surface area contributed by atoms with Crippen LogP contribution in [0.3, 0.4) is 0 Å². The van der Waals surface area contributed by atoms with Crippen LogP contribution in [0.15, 0.2) is 21.9 Å². The summed E-state index contributed by atoms with van der Waals surface area (Å²) in [6, 6.07) is 1.38. The summed E-state index contributed by atoms with van der Waals surface area (Å²) in [4.78, 5) is 24.7. The Morgan fingerprint density at radius 2 is 1.93 bits per heavy atom. The summed E-state index contributed by atoms with van der Waals surface area (Å²) < 4.78 is 1.59. The second-order valence-corrected chi connectivity index (χ2v) is 3.68. The molecule has 4 heteroatoms. The molecule has 0 fully saturated rings. The molecule has 1 aromatic heterocycles. The molecule has 1 heterocycles. The molecule has 14 heavy (non-hydrogen) atoms. The van der Waals surface area contributed by atoms with E-state index in [-0.39, 0.29) is 16.8 Å². The molecule has 0 amide bonds. The molecule has 0 atom stereocenters. The van der Waals surface area contributed by atoms with E-state index in [9.17, 15) is 9.59 Å². The lowest BCUT2D eigenvalue weighted by molar-refractivity contribution is 0.280. The van der Waals surface area contributed by atoms with Crippen molar-refractivity contribution in [2.45, 2.75) is 39.2 Å². The molecule has 0 unspecified atom stereocenters. The number of hydrogen-bond acceptors (Lipinski definition) is 2. The lowest BCUT2D eigenvalue weighted by Gasteiger charge is -2.28. The van der Waals surface area contributed by atoms with E-state index < -0.39 is 0 Å². The molecule has 4 nitrogen and oxygen atoms in total. The fourth-order valence-electron chi connectivity index (χ4n) is 1.43. The van der Waals surface area contributed by atoms with Gasteiger partial charge in [0.1, 0.15) is 0 Å². The summed E-state index contributed by atoms with van der Waals surface area (Å²) in [6.07, 6.45) is 3.28. The van der Waals surface area contributed by atoms with Gasteiger partial charge in [0, 0.05) is 17.8 Å². The Hall–Kier alpha value is -1.32. The van der Waals surface area contributed by atoms with Crippen LogP contribution in [-0.2, 0) is 5.54 Å². The van der Waals surface area contributed by atoms with Crippen molar-refractivity contribution in [2.75, 3.05) is 0 Å². The molecular weight excluding hydrogens is 180 g/mol. The van der Waals surface area contributed by atoms with Gasteiger partial charge in [0.05, 0.1) is 0 Å². The highest BCUT2D eigenvalue weighted by molar-refractivity contribution is 4.90. The molecule has 0 saturated carbocycles. The first-order chi connectivity index (χ1) is 6.53. The molecule has 78 valence electrons. The van der Waals surface area contributed by atoms with Gasteiger partial charge in [0.2, 0.25) is 0 Å². The van der Waals surface area contributed by atoms with Crippen LogP contribution >= 0.6 is 0 Å². The van der Waals surface area contributed by atoms with Crippen LogP contribution in [-0.4, -0.2) is 9.55 Å². The summed E-state index contributed by atoms with van der Waals surface area (Å²) in [5.41, 5.74) is -0.883. The Bertz CT molecular complexity index is 413. The highest BCUT2D eigenvalue weighted by atomic mass is 16.2. The number of rotatable bonds is 3. The lowest BCUT2D eigenvalue weighted by Crippen LogP contribution is -2.40. The number of nitrogens with zero attached hydrogens (tertiary/aromatic N) is 1. The molecule has 0 aliphatic heterocycles. The standard InChI is InChI=1S/C10H16N2O2/c1-4-10(3,5-2)12-7-6-8(13)11-9(12)14/h6-7H,4-5H2,1-3H3,(H,11,13,14). The second kappa shape index (κ2) is 3.82. The fraction of sp³-hybridized carbons (Fsp3) is 0.600.